The Hall–Kier alpha value is -1.95. The van der Waals surface area contributed by atoms with Crippen LogP contribution in [0.2, 0.25) is 0 Å². The first-order valence-electron chi connectivity index (χ1n) is 5.73. The molecule has 0 bridgehead atoms. The van der Waals surface area contributed by atoms with Gasteiger partial charge >= 0.3 is 5.97 Å². The Labute approximate surface area is 110 Å². The summed E-state index contributed by atoms with van der Waals surface area (Å²) in [5, 5.41) is 11.2. The molecule has 104 valence electrons. The number of rotatable bonds is 5. The maximum Gasteiger partial charge on any atom is 0.338 e. The number of hydrogen-bond donors (Lipinski definition) is 2. The molecule has 1 rings (SSSR count). The van der Waals surface area contributed by atoms with Crippen LogP contribution in [0.1, 0.15) is 30.6 Å². The van der Waals surface area contributed by atoms with E-state index in [-0.39, 0.29) is 5.69 Å². The highest BCUT2D eigenvalue weighted by Crippen LogP contribution is 2.19. The van der Waals surface area contributed by atoms with E-state index in [2.05, 4.69) is 5.32 Å². The Kier molecular flexibility index (Phi) is 4.61. The molecule has 0 aliphatic rings. The lowest BCUT2D eigenvalue weighted by atomic mass is 10.0. The fourth-order valence-corrected chi connectivity index (χ4v) is 1.43. The number of benzene rings is 1. The van der Waals surface area contributed by atoms with E-state index < -0.39 is 28.9 Å². The molecule has 0 saturated heterocycles. The minimum absolute atomic E-state index is 0.184. The number of anilines is 1. The number of hydrogen-bond acceptors (Lipinski definition) is 3. The van der Waals surface area contributed by atoms with Crippen LogP contribution in [0.15, 0.2) is 18.2 Å². The molecule has 19 heavy (non-hydrogen) atoms. The zero-order chi connectivity index (χ0) is 14.6. The lowest BCUT2D eigenvalue weighted by Crippen LogP contribution is -2.41. The smallest absolute Gasteiger partial charge is 0.338 e. The van der Waals surface area contributed by atoms with Crippen molar-refractivity contribution >= 4 is 17.6 Å². The predicted octanol–water partition coefficient (Wildman–Crippen LogP) is 2.28. The monoisotopic (exact) mass is 269 g/mol. The fourth-order valence-electron chi connectivity index (χ4n) is 1.43. The third kappa shape index (κ3) is 3.29. The maximum atomic E-state index is 13.4. The van der Waals surface area contributed by atoms with Crippen LogP contribution in [0.5, 0.6) is 0 Å². The van der Waals surface area contributed by atoms with E-state index in [0.29, 0.717) is 6.42 Å². The van der Waals surface area contributed by atoms with Gasteiger partial charge in [-0.1, -0.05) is 6.92 Å². The van der Waals surface area contributed by atoms with E-state index in [0.717, 1.165) is 12.1 Å². The summed E-state index contributed by atoms with van der Waals surface area (Å²) in [6.07, 6.45) is 0.449. The first-order chi connectivity index (χ1) is 8.84. The highest BCUT2D eigenvalue weighted by molar-refractivity contribution is 5.97. The molecule has 0 fully saturated rings. The van der Waals surface area contributed by atoms with Crippen molar-refractivity contribution in [1.82, 2.24) is 0 Å². The average molecular weight is 269 g/mol. The molecule has 0 aliphatic carbocycles. The number of aromatic carboxylic acids is 1. The standard InChI is InChI=1S/C13H16FNO4/c1-4-13(2,19-3)12(18)15-8-5-6-9(11(16)17)10(14)7-8/h5-7H,4H2,1-3H3,(H,15,18)(H,16,17). The fraction of sp³-hybridized carbons (Fsp3) is 0.385. The summed E-state index contributed by atoms with van der Waals surface area (Å²) >= 11 is 0. The highest BCUT2D eigenvalue weighted by atomic mass is 19.1. The molecule has 1 atom stereocenters. The van der Waals surface area contributed by atoms with Crippen LogP contribution in [0.25, 0.3) is 0 Å². The number of carbonyl (C=O) groups excluding carboxylic acids is 1. The Morgan fingerprint density at radius 2 is 2.11 bits per heavy atom. The van der Waals surface area contributed by atoms with E-state index in [4.69, 9.17) is 9.84 Å². The molecule has 0 radical (unpaired) electrons. The maximum absolute atomic E-state index is 13.4. The number of carboxylic acids is 1. The molecule has 1 aromatic carbocycles. The largest absolute Gasteiger partial charge is 0.478 e. The zero-order valence-electron chi connectivity index (χ0n) is 11.0. The van der Waals surface area contributed by atoms with Gasteiger partial charge in [-0.15, -0.1) is 0 Å². The molecule has 2 N–H and O–H groups in total. The van der Waals surface area contributed by atoms with Gasteiger partial charge in [0.25, 0.3) is 5.91 Å². The third-order valence-corrected chi connectivity index (χ3v) is 3.06. The summed E-state index contributed by atoms with van der Waals surface area (Å²) in [5.74, 6) is -2.67. The second kappa shape index (κ2) is 5.79. The van der Waals surface area contributed by atoms with Crippen molar-refractivity contribution < 1.29 is 23.8 Å². The lowest BCUT2D eigenvalue weighted by Gasteiger charge is -2.25. The predicted molar refractivity (Wildman–Crippen MR) is 67.7 cm³/mol. The number of carboxylic acid groups (broad SMARTS) is 1. The van der Waals surface area contributed by atoms with Gasteiger partial charge < -0.3 is 15.2 Å². The lowest BCUT2D eigenvalue weighted by molar-refractivity contribution is -0.136. The van der Waals surface area contributed by atoms with E-state index in [9.17, 15) is 14.0 Å². The van der Waals surface area contributed by atoms with Gasteiger partial charge in [0.05, 0.1) is 5.56 Å². The van der Waals surface area contributed by atoms with Gasteiger partial charge in [-0.25, -0.2) is 9.18 Å². The minimum atomic E-state index is -1.36. The quantitative estimate of drug-likeness (QED) is 0.859. The van der Waals surface area contributed by atoms with Gasteiger partial charge in [-0.2, -0.15) is 0 Å². The zero-order valence-corrected chi connectivity index (χ0v) is 11.0. The molecule has 0 heterocycles. The van der Waals surface area contributed by atoms with Crippen LogP contribution in [0.3, 0.4) is 0 Å². The van der Waals surface area contributed by atoms with Gasteiger partial charge in [-0.05, 0) is 31.5 Å². The molecule has 1 aromatic rings. The van der Waals surface area contributed by atoms with Gasteiger partial charge in [-0.3, -0.25) is 4.79 Å². The van der Waals surface area contributed by atoms with Crippen LogP contribution in [-0.2, 0) is 9.53 Å². The minimum Gasteiger partial charge on any atom is -0.478 e. The summed E-state index contributed by atoms with van der Waals surface area (Å²) in [6, 6.07) is 3.40. The number of amides is 1. The van der Waals surface area contributed by atoms with E-state index in [1.165, 1.54) is 13.2 Å². The number of carbonyl (C=O) groups is 2. The first-order valence-corrected chi connectivity index (χ1v) is 5.73. The van der Waals surface area contributed by atoms with Gasteiger partial charge in [0.15, 0.2) is 0 Å². The summed E-state index contributed by atoms with van der Waals surface area (Å²) in [4.78, 5) is 22.6. The Morgan fingerprint density at radius 3 is 2.53 bits per heavy atom. The highest BCUT2D eigenvalue weighted by Gasteiger charge is 2.31. The van der Waals surface area contributed by atoms with Gasteiger partial charge in [0, 0.05) is 12.8 Å². The Balaban J connectivity index is 2.92. The molecule has 6 heteroatoms. The van der Waals surface area contributed by atoms with Crippen molar-refractivity contribution in [2.24, 2.45) is 0 Å². The number of ether oxygens (including phenoxy) is 1. The van der Waals surface area contributed by atoms with Gasteiger partial charge in [0.2, 0.25) is 0 Å². The summed E-state index contributed by atoms with van der Waals surface area (Å²) < 4.78 is 18.6. The molecule has 0 aromatic heterocycles. The summed E-state index contributed by atoms with van der Waals surface area (Å²) in [6.45, 7) is 3.40. The molecular weight excluding hydrogens is 253 g/mol. The second-order valence-electron chi connectivity index (χ2n) is 4.24. The molecular formula is C13H16FNO4. The van der Waals surface area contributed by atoms with E-state index in [1.807, 2.05) is 0 Å². The molecule has 0 saturated carbocycles. The van der Waals surface area contributed by atoms with E-state index in [1.54, 1.807) is 13.8 Å². The van der Waals surface area contributed by atoms with Crippen molar-refractivity contribution in [3.05, 3.63) is 29.6 Å². The molecule has 1 unspecified atom stereocenters. The molecule has 1 amide bonds. The molecule has 0 spiro atoms. The third-order valence-electron chi connectivity index (χ3n) is 3.06. The van der Waals surface area contributed by atoms with Crippen molar-refractivity contribution in [3.63, 3.8) is 0 Å². The van der Waals surface area contributed by atoms with Crippen LogP contribution < -0.4 is 5.32 Å². The van der Waals surface area contributed by atoms with Crippen molar-refractivity contribution in [2.75, 3.05) is 12.4 Å². The van der Waals surface area contributed by atoms with Crippen LogP contribution in [0.4, 0.5) is 10.1 Å². The normalized spacial score (nSPS) is 13.7. The number of methoxy groups -OCH3 is 1. The van der Waals surface area contributed by atoms with Crippen LogP contribution in [0, 0.1) is 5.82 Å². The summed E-state index contributed by atoms with van der Waals surface area (Å²) in [7, 11) is 1.41. The number of halogens is 1. The van der Waals surface area contributed by atoms with Crippen LogP contribution >= 0.6 is 0 Å². The first kappa shape index (κ1) is 15.1. The van der Waals surface area contributed by atoms with Crippen LogP contribution in [-0.4, -0.2) is 29.7 Å². The van der Waals surface area contributed by atoms with Crippen molar-refractivity contribution in [2.45, 2.75) is 25.9 Å². The Morgan fingerprint density at radius 1 is 1.47 bits per heavy atom. The summed E-state index contributed by atoms with van der Waals surface area (Å²) in [5.41, 5.74) is -1.27. The Bertz CT molecular complexity index is 497. The van der Waals surface area contributed by atoms with Gasteiger partial charge in [0.1, 0.15) is 11.4 Å². The topological polar surface area (TPSA) is 75.6 Å². The number of nitrogens with one attached hydrogen (secondary N) is 1. The van der Waals surface area contributed by atoms with Crippen molar-refractivity contribution in [3.8, 4) is 0 Å². The SMILES string of the molecule is CCC(C)(OC)C(=O)Nc1ccc(C(=O)O)c(F)c1. The molecule has 0 aliphatic heterocycles. The second-order valence-corrected chi connectivity index (χ2v) is 4.24. The molecule has 5 nitrogen and oxygen atoms in total. The van der Waals surface area contributed by atoms with E-state index >= 15 is 0 Å². The average Bonchev–Trinajstić information content (AvgIpc) is 2.37. The van der Waals surface area contributed by atoms with Crippen molar-refractivity contribution in [1.29, 1.82) is 0 Å².